The molecule has 0 atom stereocenters. The zero-order valence-electron chi connectivity index (χ0n) is 17.3. The van der Waals surface area contributed by atoms with E-state index in [0.29, 0.717) is 26.9 Å². The van der Waals surface area contributed by atoms with Gasteiger partial charge in [0.2, 0.25) is 17.5 Å². The molecule has 1 N–H and O–H groups in total. The van der Waals surface area contributed by atoms with Crippen LogP contribution in [0, 0.1) is 0 Å². The molecule has 3 aromatic carbocycles. The van der Waals surface area contributed by atoms with Crippen LogP contribution in [0.2, 0.25) is 10.0 Å². The minimum atomic E-state index is -1.11. The maximum atomic E-state index is 13.1. The summed E-state index contributed by atoms with van der Waals surface area (Å²) in [5.41, 5.74) is 1.75. The Balaban J connectivity index is 1.81. The van der Waals surface area contributed by atoms with Crippen LogP contribution in [0.25, 0.3) is 0 Å². The van der Waals surface area contributed by atoms with Crippen LogP contribution in [0.4, 0.5) is 5.69 Å². The fourth-order valence-electron chi connectivity index (χ4n) is 3.14. The number of hydrogen-bond acceptors (Lipinski definition) is 4. The molecule has 33 heavy (non-hydrogen) atoms. The van der Waals surface area contributed by atoms with Gasteiger partial charge in [-0.15, -0.1) is 0 Å². The summed E-state index contributed by atoms with van der Waals surface area (Å²) in [6.45, 7) is 0.0439. The molecule has 0 heterocycles. The molecule has 0 spiro atoms. The molecule has 0 aliphatic heterocycles. The molecular formula is C25H19Cl2NO5. The number of carbonyl (C=O) groups excluding carboxylic acids is 3. The lowest BCUT2D eigenvalue weighted by Gasteiger charge is -2.23. The van der Waals surface area contributed by atoms with Gasteiger partial charge in [-0.25, -0.2) is 4.79 Å². The molecule has 0 bridgehead atoms. The molecule has 6 nitrogen and oxygen atoms in total. The Bertz CT molecular complexity index is 1190. The van der Waals surface area contributed by atoms with Gasteiger partial charge in [0.25, 0.3) is 0 Å². The largest absolute Gasteiger partial charge is 0.478 e. The SMILES string of the molecule is O=C(CC(=O)N(Cc1ccc(Cl)c(Cl)c1)c1ccc(C(=O)O)cc1)C(=O)Cc1ccccc1. The van der Waals surface area contributed by atoms with Gasteiger partial charge in [0, 0.05) is 12.1 Å². The summed E-state index contributed by atoms with van der Waals surface area (Å²) in [4.78, 5) is 50.3. The van der Waals surface area contributed by atoms with Gasteiger partial charge in [-0.2, -0.15) is 0 Å². The van der Waals surface area contributed by atoms with Crippen molar-refractivity contribution in [3.63, 3.8) is 0 Å². The molecule has 168 valence electrons. The molecule has 0 fully saturated rings. The van der Waals surface area contributed by atoms with Gasteiger partial charge in [0.15, 0.2) is 0 Å². The fraction of sp³-hybridized carbons (Fsp3) is 0.120. The highest BCUT2D eigenvalue weighted by Crippen LogP contribution is 2.25. The minimum Gasteiger partial charge on any atom is -0.478 e. The van der Waals surface area contributed by atoms with E-state index in [1.807, 2.05) is 0 Å². The highest BCUT2D eigenvalue weighted by atomic mass is 35.5. The maximum absolute atomic E-state index is 13.1. The first-order valence-corrected chi connectivity index (χ1v) is 10.7. The molecule has 0 radical (unpaired) electrons. The summed E-state index contributed by atoms with van der Waals surface area (Å²) in [6.07, 6.45) is -0.708. The molecule has 0 saturated heterocycles. The van der Waals surface area contributed by atoms with Gasteiger partial charge < -0.3 is 10.0 Å². The average Bonchev–Trinajstić information content (AvgIpc) is 2.80. The normalized spacial score (nSPS) is 10.5. The molecule has 0 aliphatic rings. The predicted molar refractivity (Wildman–Crippen MR) is 126 cm³/mol. The third-order valence-electron chi connectivity index (χ3n) is 4.88. The second-order valence-corrected chi connectivity index (χ2v) is 8.08. The number of amides is 1. The number of Topliss-reactive ketones (excluding diaryl/α,β-unsaturated/α-hetero) is 2. The number of carboxylic acid groups (broad SMARTS) is 1. The minimum absolute atomic E-state index is 0.0439. The molecule has 0 unspecified atom stereocenters. The lowest BCUT2D eigenvalue weighted by Crippen LogP contribution is -2.34. The Labute approximate surface area is 200 Å². The number of ketones is 2. The molecule has 3 aromatic rings. The Morgan fingerprint density at radius 3 is 2.03 bits per heavy atom. The molecular weight excluding hydrogens is 465 g/mol. The van der Waals surface area contributed by atoms with Crippen LogP contribution in [0.15, 0.2) is 72.8 Å². The van der Waals surface area contributed by atoms with Crippen molar-refractivity contribution in [1.82, 2.24) is 0 Å². The van der Waals surface area contributed by atoms with Crippen LogP contribution >= 0.6 is 23.2 Å². The summed E-state index contributed by atoms with van der Waals surface area (Å²) in [7, 11) is 0. The number of hydrogen-bond donors (Lipinski definition) is 1. The number of rotatable bonds is 9. The first kappa shape index (κ1) is 24.2. The van der Waals surface area contributed by atoms with Crippen molar-refractivity contribution >= 4 is 52.3 Å². The van der Waals surface area contributed by atoms with Crippen molar-refractivity contribution in [3.8, 4) is 0 Å². The Kier molecular flexibility index (Phi) is 7.98. The third-order valence-corrected chi connectivity index (χ3v) is 5.62. The lowest BCUT2D eigenvalue weighted by atomic mass is 10.0. The Hall–Kier alpha value is -3.48. The van der Waals surface area contributed by atoms with Crippen molar-refractivity contribution in [2.75, 3.05) is 4.90 Å². The summed E-state index contributed by atoms with van der Waals surface area (Å²) >= 11 is 12.0. The third kappa shape index (κ3) is 6.51. The number of carboxylic acids is 1. The summed E-state index contributed by atoms with van der Waals surface area (Å²) in [6, 6.07) is 19.3. The summed E-state index contributed by atoms with van der Waals surface area (Å²) in [5, 5.41) is 9.78. The lowest BCUT2D eigenvalue weighted by molar-refractivity contribution is -0.138. The van der Waals surface area contributed by atoms with Crippen LogP contribution in [0.1, 0.15) is 27.9 Å². The quantitative estimate of drug-likeness (QED) is 0.341. The summed E-state index contributed by atoms with van der Waals surface area (Å²) < 4.78 is 0. The topological polar surface area (TPSA) is 91.8 Å². The average molecular weight is 484 g/mol. The van der Waals surface area contributed by atoms with Crippen LogP contribution in [-0.4, -0.2) is 28.5 Å². The van der Waals surface area contributed by atoms with E-state index in [1.54, 1.807) is 48.5 Å². The van der Waals surface area contributed by atoms with E-state index in [0.717, 1.165) is 0 Å². The molecule has 3 rings (SSSR count). The maximum Gasteiger partial charge on any atom is 0.335 e. The van der Waals surface area contributed by atoms with Crippen LogP contribution in [-0.2, 0) is 27.3 Å². The molecule has 8 heteroatoms. The Morgan fingerprint density at radius 1 is 0.758 bits per heavy atom. The first-order chi connectivity index (χ1) is 15.7. The van der Waals surface area contributed by atoms with Gasteiger partial charge in [0.05, 0.1) is 28.6 Å². The Morgan fingerprint density at radius 2 is 1.42 bits per heavy atom. The molecule has 0 saturated carbocycles. The number of halogens is 2. The van der Waals surface area contributed by atoms with Crippen molar-refractivity contribution in [1.29, 1.82) is 0 Å². The number of aromatic carboxylic acids is 1. The van der Waals surface area contributed by atoms with Gasteiger partial charge in [0.1, 0.15) is 0 Å². The van der Waals surface area contributed by atoms with E-state index < -0.39 is 29.9 Å². The number of carbonyl (C=O) groups is 4. The van der Waals surface area contributed by atoms with Gasteiger partial charge >= 0.3 is 5.97 Å². The van der Waals surface area contributed by atoms with Crippen molar-refractivity contribution < 1.29 is 24.3 Å². The van der Waals surface area contributed by atoms with Crippen LogP contribution in [0.3, 0.4) is 0 Å². The number of benzene rings is 3. The molecule has 0 aromatic heterocycles. The monoisotopic (exact) mass is 483 g/mol. The van der Waals surface area contributed by atoms with Crippen molar-refractivity contribution in [3.05, 3.63) is 99.5 Å². The van der Waals surface area contributed by atoms with E-state index in [4.69, 9.17) is 28.3 Å². The van der Waals surface area contributed by atoms with Gasteiger partial charge in [-0.1, -0.05) is 59.6 Å². The second kappa shape index (κ2) is 10.9. The van der Waals surface area contributed by atoms with E-state index >= 15 is 0 Å². The second-order valence-electron chi connectivity index (χ2n) is 7.27. The van der Waals surface area contributed by atoms with Gasteiger partial charge in [-0.3, -0.25) is 14.4 Å². The van der Waals surface area contributed by atoms with E-state index in [-0.39, 0.29) is 18.5 Å². The van der Waals surface area contributed by atoms with Crippen LogP contribution < -0.4 is 4.90 Å². The molecule has 1 amide bonds. The highest BCUT2D eigenvalue weighted by molar-refractivity contribution is 6.42. The van der Waals surface area contributed by atoms with Crippen molar-refractivity contribution in [2.24, 2.45) is 0 Å². The molecule has 0 aliphatic carbocycles. The van der Waals surface area contributed by atoms with Crippen molar-refractivity contribution in [2.45, 2.75) is 19.4 Å². The summed E-state index contributed by atoms with van der Waals surface area (Å²) in [5.74, 6) is -3.17. The standard InChI is InChI=1S/C25H19Cl2NO5/c26-20-11-6-17(12-21(20)27)15-28(19-9-7-18(8-10-19)25(32)33)24(31)14-23(30)22(29)13-16-4-2-1-3-5-16/h1-12H,13-15H2,(H,32,33). The van der Waals surface area contributed by atoms with E-state index in [9.17, 15) is 19.2 Å². The fourth-order valence-corrected chi connectivity index (χ4v) is 3.46. The number of anilines is 1. The highest BCUT2D eigenvalue weighted by Gasteiger charge is 2.24. The van der Waals surface area contributed by atoms with Crippen LogP contribution in [0.5, 0.6) is 0 Å². The first-order valence-electron chi connectivity index (χ1n) is 9.92. The zero-order chi connectivity index (χ0) is 24.0. The van der Waals surface area contributed by atoms with E-state index in [2.05, 4.69) is 0 Å². The smallest absolute Gasteiger partial charge is 0.335 e. The number of nitrogens with zero attached hydrogens (tertiary/aromatic N) is 1. The van der Waals surface area contributed by atoms with E-state index in [1.165, 1.54) is 29.2 Å². The van der Waals surface area contributed by atoms with Gasteiger partial charge in [-0.05, 0) is 47.5 Å². The predicted octanol–water partition coefficient (Wildman–Crippen LogP) is 5.00. The zero-order valence-corrected chi connectivity index (χ0v) is 18.8.